The molecular formula is C55H37N3. The molecule has 0 bridgehead atoms. The molecule has 0 radical (unpaired) electrons. The van der Waals surface area contributed by atoms with Gasteiger partial charge in [0, 0.05) is 22.1 Å². The Balaban J connectivity index is 1.08. The first-order valence-electron chi connectivity index (χ1n) is 20.1. The van der Waals surface area contributed by atoms with Crippen molar-refractivity contribution in [3.8, 4) is 78.7 Å². The monoisotopic (exact) mass is 739 g/mol. The van der Waals surface area contributed by atoms with Crippen molar-refractivity contribution >= 4 is 0 Å². The van der Waals surface area contributed by atoms with Gasteiger partial charge in [-0.15, -0.1) is 0 Å². The fraction of sp³-hybridized carbons (Fsp3) is 0.0727. The van der Waals surface area contributed by atoms with Gasteiger partial charge in [-0.25, -0.2) is 15.0 Å². The number of aromatic nitrogens is 3. The maximum Gasteiger partial charge on any atom is 0.164 e. The molecule has 58 heavy (non-hydrogen) atoms. The minimum Gasteiger partial charge on any atom is -0.208 e. The molecule has 0 aliphatic heterocycles. The lowest BCUT2D eigenvalue weighted by atomic mass is 9.70. The molecule has 1 aromatic heterocycles. The molecule has 12 rings (SSSR count). The summed E-state index contributed by atoms with van der Waals surface area (Å²) in [6.07, 6.45) is 0. The average molecular weight is 740 g/mol. The summed E-state index contributed by atoms with van der Waals surface area (Å²) in [5, 5.41) is 0. The maximum atomic E-state index is 5.36. The van der Waals surface area contributed by atoms with Gasteiger partial charge in [-0.05, 0) is 96.1 Å². The maximum absolute atomic E-state index is 5.36. The van der Waals surface area contributed by atoms with Crippen LogP contribution in [0.1, 0.15) is 47.2 Å². The van der Waals surface area contributed by atoms with E-state index in [0.717, 1.165) is 27.8 Å². The Bertz CT molecular complexity index is 3090. The first-order chi connectivity index (χ1) is 28.5. The Kier molecular flexibility index (Phi) is 6.90. The van der Waals surface area contributed by atoms with Crippen molar-refractivity contribution in [3.63, 3.8) is 0 Å². The molecular weight excluding hydrogens is 703 g/mol. The molecule has 0 saturated heterocycles. The topological polar surface area (TPSA) is 38.7 Å². The van der Waals surface area contributed by atoms with Gasteiger partial charge >= 0.3 is 0 Å². The lowest BCUT2D eigenvalue weighted by molar-refractivity contribution is 0.660. The molecule has 1 heterocycles. The third-order valence-electron chi connectivity index (χ3n) is 13.0. The van der Waals surface area contributed by atoms with Gasteiger partial charge < -0.3 is 0 Å². The quantitative estimate of drug-likeness (QED) is 0.180. The number of hydrogen-bond donors (Lipinski definition) is 0. The Hall–Kier alpha value is -7.23. The highest BCUT2D eigenvalue weighted by atomic mass is 15.0. The Morgan fingerprint density at radius 1 is 0.276 bits per heavy atom. The smallest absolute Gasteiger partial charge is 0.164 e. The van der Waals surface area contributed by atoms with Crippen molar-refractivity contribution in [1.82, 2.24) is 15.0 Å². The van der Waals surface area contributed by atoms with E-state index in [1.807, 2.05) is 0 Å². The van der Waals surface area contributed by atoms with Crippen molar-refractivity contribution in [2.75, 3.05) is 0 Å². The van der Waals surface area contributed by atoms with Gasteiger partial charge in [-0.1, -0.05) is 184 Å². The Labute approximate surface area is 338 Å². The molecule has 3 aliphatic carbocycles. The Morgan fingerprint density at radius 2 is 0.655 bits per heavy atom. The molecule has 0 saturated carbocycles. The Morgan fingerprint density at radius 3 is 1.21 bits per heavy atom. The highest BCUT2D eigenvalue weighted by Gasteiger charge is 2.51. The van der Waals surface area contributed by atoms with Crippen molar-refractivity contribution in [2.45, 2.75) is 24.7 Å². The molecule has 1 spiro atoms. The third-order valence-corrected chi connectivity index (χ3v) is 13.0. The number of benzene rings is 8. The summed E-state index contributed by atoms with van der Waals surface area (Å²) >= 11 is 0. The number of hydrogen-bond acceptors (Lipinski definition) is 3. The third kappa shape index (κ3) is 4.53. The van der Waals surface area contributed by atoms with Crippen molar-refractivity contribution in [2.24, 2.45) is 0 Å². The van der Waals surface area contributed by atoms with E-state index in [2.05, 4.69) is 202 Å². The zero-order chi connectivity index (χ0) is 38.6. The van der Waals surface area contributed by atoms with Crippen LogP contribution in [0.4, 0.5) is 0 Å². The van der Waals surface area contributed by atoms with E-state index in [-0.39, 0.29) is 5.41 Å². The average Bonchev–Trinajstić information content (AvgIpc) is 3.85. The summed E-state index contributed by atoms with van der Waals surface area (Å²) < 4.78 is 0. The van der Waals surface area contributed by atoms with Crippen LogP contribution in [-0.4, -0.2) is 15.0 Å². The molecule has 9 aromatic rings. The van der Waals surface area contributed by atoms with Gasteiger partial charge in [0.15, 0.2) is 17.5 Å². The first kappa shape index (κ1) is 33.0. The molecule has 0 unspecified atom stereocenters. The lowest BCUT2D eigenvalue weighted by Crippen LogP contribution is -2.25. The van der Waals surface area contributed by atoms with Crippen molar-refractivity contribution < 1.29 is 0 Å². The van der Waals surface area contributed by atoms with Crippen LogP contribution in [0.3, 0.4) is 0 Å². The van der Waals surface area contributed by atoms with Crippen LogP contribution in [0.15, 0.2) is 188 Å². The second-order valence-electron chi connectivity index (χ2n) is 16.3. The fourth-order valence-electron chi connectivity index (χ4n) is 10.3. The summed E-state index contributed by atoms with van der Waals surface area (Å²) in [5.74, 6) is 1.97. The molecule has 8 aromatic carbocycles. The van der Waals surface area contributed by atoms with Crippen molar-refractivity contribution in [3.05, 3.63) is 221 Å². The summed E-state index contributed by atoms with van der Waals surface area (Å²) in [4.78, 5) is 16.0. The van der Waals surface area contributed by atoms with Gasteiger partial charge in [0.25, 0.3) is 0 Å². The molecule has 0 atom stereocenters. The van der Waals surface area contributed by atoms with Crippen LogP contribution in [0.5, 0.6) is 0 Å². The van der Waals surface area contributed by atoms with E-state index in [4.69, 9.17) is 15.0 Å². The van der Waals surface area contributed by atoms with Crippen LogP contribution in [0.25, 0.3) is 78.7 Å². The largest absolute Gasteiger partial charge is 0.208 e. The molecule has 3 nitrogen and oxygen atoms in total. The number of fused-ring (bicyclic) bond motifs is 13. The van der Waals surface area contributed by atoms with Gasteiger partial charge in [-0.3, -0.25) is 0 Å². The van der Waals surface area contributed by atoms with E-state index in [0.29, 0.717) is 17.5 Å². The summed E-state index contributed by atoms with van der Waals surface area (Å²) in [5.41, 5.74) is 20.1. The van der Waals surface area contributed by atoms with Gasteiger partial charge in [-0.2, -0.15) is 0 Å². The molecule has 3 heteroatoms. The van der Waals surface area contributed by atoms with E-state index in [9.17, 15) is 0 Å². The molecule has 3 aliphatic rings. The van der Waals surface area contributed by atoms with Gasteiger partial charge in [0.05, 0.1) is 5.41 Å². The predicted molar refractivity (Wildman–Crippen MR) is 235 cm³/mol. The van der Waals surface area contributed by atoms with E-state index < -0.39 is 5.41 Å². The van der Waals surface area contributed by atoms with E-state index >= 15 is 0 Å². The van der Waals surface area contributed by atoms with Gasteiger partial charge in [0.1, 0.15) is 0 Å². The highest BCUT2D eigenvalue weighted by molar-refractivity contribution is 5.96. The summed E-state index contributed by atoms with van der Waals surface area (Å²) in [6.45, 7) is 4.64. The molecule has 0 amide bonds. The highest BCUT2D eigenvalue weighted by Crippen LogP contribution is 2.63. The first-order valence-corrected chi connectivity index (χ1v) is 20.1. The van der Waals surface area contributed by atoms with Crippen LogP contribution in [0.2, 0.25) is 0 Å². The lowest BCUT2D eigenvalue weighted by Gasteiger charge is -2.30. The summed E-state index contributed by atoms with van der Waals surface area (Å²) in [6, 6.07) is 68.2. The minimum absolute atomic E-state index is 0.151. The zero-order valence-corrected chi connectivity index (χ0v) is 32.2. The van der Waals surface area contributed by atoms with E-state index in [1.54, 1.807) is 0 Å². The van der Waals surface area contributed by atoms with Crippen LogP contribution in [0, 0.1) is 0 Å². The van der Waals surface area contributed by atoms with Crippen molar-refractivity contribution in [1.29, 1.82) is 0 Å². The molecule has 272 valence electrons. The molecule has 0 N–H and O–H groups in total. The second-order valence-corrected chi connectivity index (χ2v) is 16.3. The summed E-state index contributed by atoms with van der Waals surface area (Å²) in [7, 11) is 0. The standard InChI is InChI=1S/C55H37N3/c1-54(2)45-23-10-6-19-39(45)43-29-27-37(32-49(43)54)52-56-51(36-18-14-17-35(31-36)34-15-4-3-5-16-34)57-53(58-52)38-28-30-44-42-22-9-13-26-48(42)55(50(44)33-38)46-24-11-7-20-40(46)41-21-8-12-25-47(41)55/h3-33H,1-2H3. The fourth-order valence-corrected chi connectivity index (χ4v) is 10.3. The van der Waals surface area contributed by atoms with Crippen LogP contribution >= 0.6 is 0 Å². The van der Waals surface area contributed by atoms with Crippen LogP contribution in [-0.2, 0) is 10.8 Å². The molecule has 0 fully saturated rings. The van der Waals surface area contributed by atoms with Gasteiger partial charge in [0.2, 0.25) is 0 Å². The minimum atomic E-state index is -0.460. The van der Waals surface area contributed by atoms with Crippen LogP contribution < -0.4 is 0 Å². The number of rotatable bonds is 4. The normalized spacial score (nSPS) is 14.3. The zero-order valence-electron chi connectivity index (χ0n) is 32.2. The second kappa shape index (κ2) is 12.1. The predicted octanol–water partition coefficient (Wildman–Crippen LogP) is 13.2. The van der Waals surface area contributed by atoms with E-state index in [1.165, 1.54) is 66.8 Å². The number of nitrogens with zero attached hydrogens (tertiary/aromatic N) is 3. The SMILES string of the molecule is CC1(C)c2ccccc2-c2ccc(-c3nc(-c4cccc(-c5ccccc5)c4)nc(-c4ccc5c(c4)C4(c6ccccc6-c6ccccc64)c4ccccc4-5)n3)cc21.